The zero-order valence-electron chi connectivity index (χ0n) is 12.8. The Morgan fingerprint density at radius 1 is 1.00 bits per heavy atom. The standard InChI is InChI=1S/C18H23NS/c1-11-8-13(3)15(9-12(11)2)18(19-4)17-10-14-6-5-7-16(14)20-17/h8-10,18-19H,5-7H2,1-4H3. The Morgan fingerprint density at radius 2 is 1.75 bits per heavy atom. The molecule has 1 N–H and O–H groups in total. The van der Waals surface area contributed by atoms with Crippen molar-refractivity contribution < 1.29 is 0 Å². The monoisotopic (exact) mass is 285 g/mol. The summed E-state index contributed by atoms with van der Waals surface area (Å²) in [6.45, 7) is 6.63. The van der Waals surface area contributed by atoms with Crippen LogP contribution in [0.4, 0.5) is 0 Å². The van der Waals surface area contributed by atoms with Crippen LogP contribution >= 0.6 is 11.3 Å². The third kappa shape index (κ3) is 2.32. The SMILES string of the molecule is CNC(c1cc2c(s1)CCC2)c1cc(C)c(C)cc1C. The van der Waals surface area contributed by atoms with Crippen molar-refractivity contribution in [3.05, 3.63) is 55.8 Å². The molecule has 2 aromatic rings. The first kappa shape index (κ1) is 13.8. The molecule has 0 saturated heterocycles. The van der Waals surface area contributed by atoms with Gasteiger partial charge in [0.25, 0.3) is 0 Å². The summed E-state index contributed by atoms with van der Waals surface area (Å²) in [4.78, 5) is 3.09. The van der Waals surface area contributed by atoms with Crippen LogP contribution in [0.5, 0.6) is 0 Å². The van der Waals surface area contributed by atoms with Crippen LogP contribution in [0.3, 0.4) is 0 Å². The number of aryl methyl sites for hydroxylation is 5. The maximum atomic E-state index is 3.52. The molecule has 1 unspecified atom stereocenters. The van der Waals surface area contributed by atoms with Gasteiger partial charge in [0.1, 0.15) is 0 Å². The number of nitrogens with one attached hydrogen (secondary N) is 1. The highest BCUT2D eigenvalue weighted by Crippen LogP contribution is 2.37. The van der Waals surface area contributed by atoms with Gasteiger partial charge in [0.05, 0.1) is 6.04 Å². The predicted molar refractivity (Wildman–Crippen MR) is 87.9 cm³/mol. The molecule has 2 heteroatoms. The smallest absolute Gasteiger partial charge is 0.0671 e. The predicted octanol–water partition coefficient (Wildman–Crippen LogP) is 4.47. The van der Waals surface area contributed by atoms with E-state index in [1.54, 1.807) is 10.4 Å². The van der Waals surface area contributed by atoms with Gasteiger partial charge in [-0.2, -0.15) is 0 Å². The normalized spacial score (nSPS) is 15.4. The molecule has 0 fully saturated rings. The highest BCUT2D eigenvalue weighted by molar-refractivity contribution is 7.12. The van der Waals surface area contributed by atoms with Crippen LogP contribution < -0.4 is 5.32 Å². The molecular weight excluding hydrogens is 262 g/mol. The van der Waals surface area contributed by atoms with Crippen molar-refractivity contribution >= 4 is 11.3 Å². The van der Waals surface area contributed by atoms with E-state index in [9.17, 15) is 0 Å². The Labute approximate surface area is 126 Å². The number of rotatable bonds is 3. The van der Waals surface area contributed by atoms with Gasteiger partial charge >= 0.3 is 0 Å². The summed E-state index contributed by atoms with van der Waals surface area (Å²) in [5.41, 5.74) is 7.17. The first-order valence-corrected chi connectivity index (χ1v) is 8.28. The zero-order valence-corrected chi connectivity index (χ0v) is 13.7. The van der Waals surface area contributed by atoms with Crippen molar-refractivity contribution in [3.63, 3.8) is 0 Å². The molecule has 1 aromatic heterocycles. The van der Waals surface area contributed by atoms with Gasteiger partial charge in [-0.25, -0.2) is 0 Å². The molecule has 0 aliphatic heterocycles. The van der Waals surface area contributed by atoms with Crippen molar-refractivity contribution in [2.24, 2.45) is 0 Å². The average molecular weight is 285 g/mol. The lowest BCUT2D eigenvalue weighted by atomic mass is 9.95. The van der Waals surface area contributed by atoms with Gasteiger partial charge in [-0.05, 0) is 81.0 Å². The lowest BCUT2D eigenvalue weighted by molar-refractivity contribution is 0.697. The zero-order chi connectivity index (χ0) is 14.3. The van der Waals surface area contributed by atoms with E-state index in [0.29, 0.717) is 6.04 Å². The van der Waals surface area contributed by atoms with E-state index in [1.807, 2.05) is 11.3 Å². The molecule has 1 nitrogen and oxygen atoms in total. The molecular formula is C18H23NS. The van der Waals surface area contributed by atoms with E-state index in [0.717, 1.165) is 0 Å². The van der Waals surface area contributed by atoms with Crippen LogP contribution in [-0.4, -0.2) is 7.05 Å². The summed E-state index contributed by atoms with van der Waals surface area (Å²) in [5.74, 6) is 0. The molecule has 3 rings (SSSR count). The van der Waals surface area contributed by atoms with Crippen molar-refractivity contribution in [3.8, 4) is 0 Å². The highest BCUT2D eigenvalue weighted by atomic mass is 32.1. The summed E-state index contributed by atoms with van der Waals surface area (Å²) >= 11 is 2.01. The molecule has 1 aliphatic carbocycles. The number of fused-ring (bicyclic) bond motifs is 1. The third-order valence-corrected chi connectivity index (χ3v) is 5.83. The fourth-order valence-electron chi connectivity index (χ4n) is 3.24. The van der Waals surface area contributed by atoms with Gasteiger partial charge in [-0.3, -0.25) is 0 Å². The molecule has 1 atom stereocenters. The van der Waals surface area contributed by atoms with Crippen LogP contribution in [0.1, 0.15) is 50.0 Å². The van der Waals surface area contributed by atoms with Crippen molar-refractivity contribution in [1.29, 1.82) is 0 Å². The van der Waals surface area contributed by atoms with E-state index < -0.39 is 0 Å². The number of benzene rings is 1. The maximum Gasteiger partial charge on any atom is 0.0671 e. The Morgan fingerprint density at radius 3 is 2.45 bits per heavy atom. The van der Waals surface area contributed by atoms with E-state index >= 15 is 0 Å². The lowest BCUT2D eigenvalue weighted by Crippen LogP contribution is -2.18. The van der Waals surface area contributed by atoms with Gasteiger partial charge in [0, 0.05) is 9.75 Å². The minimum atomic E-state index is 0.338. The molecule has 0 amide bonds. The fourth-order valence-corrected chi connectivity index (χ4v) is 4.63. The second kappa shape index (κ2) is 5.34. The van der Waals surface area contributed by atoms with E-state index in [4.69, 9.17) is 0 Å². The second-order valence-corrected chi connectivity index (χ2v) is 7.13. The second-order valence-electron chi connectivity index (χ2n) is 5.97. The van der Waals surface area contributed by atoms with Gasteiger partial charge in [-0.1, -0.05) is 12.1 Å². The van der Waals surface area contributed by atoms with Crippen molar-refractivity contribution in [2.45, 2.75) is 46.1 Å². The van der Waals surface area contributed by atoms with Gasteiger partial charge in [-0.15, -0.1) is 11.3 Å². The van der Waals surface area contributed by atoms with E-state index in [-0.39, 0.29) is 0 Å². The van der Waals surface area contributed by atoms with Gasteiger partial charge < -0.3 is 5.32 Å². The van der Waals surface area contributed by atoms with Crippen molar-refractivity contribution in [1.82, 2.24) is 5.32 Å². The number of thiophene rings is 1. The molecule has 1 heterocycles. The molecule has 0 bridgehead atoms. The lowest BCUT2D eigenvalue weighted by Gasteiger charge is -2.19. The summed E-state index contributed by atoms with van der Waals surface area (Å²) in [5, 5.41) is 3.52. The summed E-state index contributed by atoms with van der Waals surface area (Å²) < 4.78 is 0. The highest BCUT2D eigenvalue weighted by Gasteiger charge is 2.21. The first-order valence-electron chi connectivity index (χ1n) is 7.46. The van der Waals surface area contributed by atoms with Crippen LogP contribution in [0.2, 0.25) is 0 Å². The third-order valence-electron chi connectivity index (χ3n) is 4.53. The Kier molecular flexibility index (Phi) is 3.70. The Bertz CT molecular complexity index is 618. The molecule has 0 saturated carbocycles. The van der Waals surface area contributed by atoms with Crippen LogP contribution in [0, 0.1) is 20.8 Å². The first-order chi connectivity index (χ1) is 9.60. The fraction of sp³-hybridized carbons (Fsp3) is 0.444. The Balaban J connectivity index is 2.03. The quantitative estimate of drug-likeness (QED) is 0.877. The minimum Gasteiger partial charge on any atom is -0.309 e. The van der Waals surface area contributed by atoms with Crippen LogP contribution in [0.25, 0.3) is 0 Å². The van der Waals surface area contributed by atoms with E-state index in [2.05, 4.69) is 51.3 Å². The number of hydrogen-bond donors (Lipinski definition) is 1. The van der Waals surface area contributed by atoms with Crippen molar-refractivity contribution in [2.75, 3.05) is 7.05 Å². The molecule has 106 valence electrons. The van der Waals surface area contributed by atoms with Crippen LogP contribution in [0.15, 0.2) is 18.2 Å². The van der Waals surface area contributed by atoms with Gasteiger partial charge in [0.2, 0.25) is 0 Å². The topological polar surface area (TPSA) is 12.0 Å². The molecule has 0 spiro atoms. The molecule has 0 radical (unpaired) electrons. The largest absolute Gasteiger partial charge is 0.309 e. The molecule has 1 aliphatic rings. The molecule has 20 heavy (non-hydrogen) atoms. The summed E-state index contributed by atoms with van der Waals surface area (Å²) in [7, 11) is 2.07. The number of hydrogen-bond acceptors (Lipinski definition) is 2. The average Bonchev–Trinajstić information content (AvgIpc) is 2.97. The van der Waals surface area contributed by atoms with E-state index in [1.165, 1.54) is 46.4 Å². The maximum absolute atomic E-state index is 3.52. The van der Waals surface area contributed by atoms with Gasteiger partial charge in [0.15, 0.2) is 0 Å². The van der Waals surface area contributed by atoms with Crippen LogP contribution in [-0.2, 0) is 12.8 Å². The Hall–Kier alpha value is -1.12. The molecule has 1 aromatic carbocycles. The summed E-state index contributed by atoms with van der Waals surface area (Å²) in [6.07, 6.45) is 3.89. The summed E-state index contributed by atoms with van der Waals surface area (Å²) in [6, 6.07) is 7.44. The minimum absolute atomic E-state index is 0.338.